The number of sulfonamides is 1. The van der Waals surface area contributed by atoms with E-state index in [1.165, 1.54) is 30.7 Å². The molecule has 1 heterocycles. The maximum absolute atomic E-state index is 12.2. The first-order valence-electron chi connectivity index (χ1n) is 9.44. The van der Waals surface area contributed by atoms with E-state index in [2.05, 4.69) is 37.0 Å². The van der Waals surface area contributed by atoms with Gasteiger partial charge < -0.3 is 15.6 Å². The van der Waals surface area contributed by atoms with Crippen LogP contribution in [0.1, 0.15) is 5.56 Å². The lowest BCUT2D eigenvalue weighted by molar-refractivity contribution is 0.588. The molecule has 0 unspecified atom stereocenters. The zero-order chi connectivity index (χ0) is 22.3. The fraction of sp³-hybridized carbons (Fsp3) is 0.190. The smallest absolute Gasteiger partial charge is 0.240 e. The third kappa shape index (κ3) is 6.03. The molecule has 8 nitrogen and oxygen atoms in total. The third-order valence-electron chi connectivity index (χ3n) is 4.46. The van der Waals surface area contributed by atoms with Gasteiger partial charge in [0, 0.05) is 23.2 Å². The molecule has 162 valence electrons. The summed E-state index contributed by atoms with van der Waals surface area (Å²) >= 11 is 1.51. The zero-order valence-electron chi connectivity index (χ0n) is 17.3. The fourth-order valence-electron chi connectivity index (χ4n) is 2.81. The van der Waals surface area contributed by atoms with Crippen molar-refractivity contribution in [2.45, 2.75) is 16.2 Å². The van der Waals surface area contributed by atoms with Crippen molar-refractivity contribution in [1.82, 2.24) is 14.7 Å². The molecule has 1 aromatic heterocycles. The zero-order valence-corrected chi connectivity index (χ0v) is 18.9. The molecule has 0 fully saturated rings. The van der Waals surface area contributed by atoms with Crippen LogP contribution in [-0.2, 0) is 16.4 Å². The van der Waals surface area contributed by atoms with E-state index < -0.39 is 10.0 Å². The topological polar surface area (TPSA) is 108 Å². The number of aromatic nitrogens is 2. The maximum atomic E-state index is 12.2. The summed E-state index contributed by atoms with van der Waals surface area (Å²) in [7, 11) is -2.17. The van der Waals surface area contributed by atoms with Gasteiger partial charge in [-0.15, -0.1) is 11.8 Å². The van der Waals surface area contributed by atoms with Crippen molar-refractivity contribution in [3.8, 4) is 0 Å². The first kappa shape index (κ1) is 22.7. The van der Waals surface area contributed by atoms with E-state index in [1.807, 2.05) is 30.5 Å². The molecular formula is C21H24N6O2S2. The molecule has 3 N–H and O–H groups in total. The Balaban J connectivity index is 1.79. The lowest BCUT2D eigenvalue weighted by Gasteiger charge is -2.13. The van der Waals surface area contributed by atoms with Crippen LogP contribution in [0.25, 0.3) is 0 Å². The Morgan fingerprint density at radius 2 is 1.74 bits per heavy atom. The minimum Gasteiger partial charge on any atom is -0.340 e. The van der Waals surface area contributed by atoms with Gasteiger partial charge in [-0.05, 0) is 62.3 Å². The second-order valence-electron chi connectivity index (χ2n) is 6.50. The van der Waals surface area contributed by atoms with Crippen LogP contribution in [0.15, 0.2) is 69.6 Å². The van der Waals surface area contributed by atoms with Crippen molar-refractivity contribution in [2.75, 3.05) is 30.5 Å². The highest BCUT2D eigenvalue weighted by molar-refractivity contribution is 7.98. The number of benzene rings is 2. The minimum atomic E-state index is -3.55. The van der Waals surface area contributed by atoms with Crippen LogP contribution in [0.3, 0.4) is 0 Å². The first-order valence-corrected chi connectivity index (χ1v) is 12.1. The Labute approximate surface area is 186 Å². The Morgan fingerprint density at radius 3 is 2.39 bits per heavy atom. The standard InChI is InChI=1S/C21H24N6O2S2/c1-22-11-10-15-4-6-16(7-5-15)26-20-13-21(25-14-24-20)27-18-12-17(31(28,29)23-2)8-9-19(18)30-3/h4-9,12-14,23H,1,10-11H2,2-3H3,(H2,24,25,26,27). The average Bonchev–Trinajstić information content (AvgIpc) is 2.79. The second kappa shape index (κ2) is 10.4. The second-order valence-corrected chi connectivity index (χ2v) is 9.24. The van der Waals surface area contributed by atoms with Crippen LogP contribution in [0.5, 0.6) is 0 Å². The van der Waals surface area contributed by atoms with Crippen LogP contribution < -0.4 is 15.4 Å². The van der Waals surface area contributed by atoms with Crippen molar-refractivity contribution in [2.24, 2.45) is 4.99 Å². The molecule has 3 aromatic rings. The van der Waals surface area contributed by atoms with Crippen molar-refractivity contribution in [3.05, 3.63) is 60.4 Å². The molecule has 0 spiro atoms. The van der Waals surface area contributed by atoms with Gasteiger partial charge in [0.1, 0.15) is 18.0 Å². The van der Waals surface area contributed by atoms with Gasteiger partial charge in [0.25, 0.3) is 0 Å². The van der Waals surface area contributed by atoms with Crippen LogP contribution in [-0.4, -0.2) is 45.0 Å². The monoisotopic (exact) mass is 456 g/mol. The third-order valence-corrected chi connectivity index (χ3v) is 6.67. The Kier molecular flexibility index (Phi) is 7.61. The molecule has 0 aliphatic heterocycles. The van der Waals surface area contributed by atoms with Gasteiger partial charge in [0.2, 0.25) is 10.0 Å². The minimum absolute atomic E-state index is 0.175. The number of hydrogen-bond donors (Lipinski definition) is 3. The van der Waals surface area contributed by atoms with Crippen molar-refractivity contribution in [1.29, 1.82) is 0 Å². The Bertz CT molecular complexity index is 1150. The summed E-state index contributed by atoms with van der Waals surface area (Å²) in [5, 5.41) is 6.45. The number of hydrogen-bond acceptors (Lipinski definition) is 8. The van der Waals surface area contributed by atoms with E-state index in [0.29, 0.717) is 23.9 Å². The van der Waals surface area contributed by atoms with Crippen molar-refractivity contribution in [3.63, 3.8) is 0 Å². The molecule has 0 amide bonds. The van der Waals surface area contributed by atoms with Gasteiger partial charge in [-0.25, -0.2) is 23.1 Å². The summed E-state index contributed by atoms with van der Waals surface area (Å²) < 4.78 is 26.6. The highest BCUT2D eigenvalue weighted by Gasteiger charge is 2.14. The lowest BCUT2D eigenvalue weighted by Crippen LogP contribution is -2.18. The van der Waals surface area contributed by atoms with Gasteiger partial charge in [-0.1, -0.05) is 12.1 Å². The average molecular weight is 457 g/mol. The van der Waals surface area contributed by atoms with Crippen molar-refractivity contribution < 1.29 is 8.42 Å². The van der Waals surface area contributed by atoms with Gasteiger partial charge in [-0.2, -0.15) is 0 Å². The largest absolute Gasteiger partial charge is 0.340 e. The predicted octanol–water partition coefficient (Wildman–Crippen LogP) is 3.84. The summed E-state index contributed by atoms with van der Waals surface area (Å²) in [5.74, 6) is 1.16. The molecule has 0 radical (unpaired) electrons. The van der Waals surface area contributed by atoms with E-state index in [9.17, 15) is 8.42 Å². The number of rotatable bonds is 10. The molecule has 0 aliphatic carbocycles. The molecule has 0 bridgehead atoms. The van der Waals surface area contributed by atoms with Crippen LogP contribution in [0, 0.1) is 0 Å². The molecule has 31 heavy (non-hydrogen) atoms. The number of thioether (sulfide) groups is 1. The van der Waals surface area contributed by atoms with Gasteiger partial charge in [0.05, 0.1) is 10.6 Å². The van der Waals surface area contributed by atoms with Crippen LogP contribution >= 0.6 is 11.8 Å². The highest BCUT2D eigenvalue weighted by Crippen LogP contribution is 2.30. The summed E-state index contributed by atoms with van der Waals surface area (Å²) in [5.41, 5.74) is 2.73. The number of anilines is 4. The molecule has 3 rings (SSSR count). The van der Waals surface area contributed by atoms with Gasteiger partial charge in [0.15, 0.2) is 0 Å². The molecule has 0 saturated carbocycles. The lowest BCUT2D eigenvalue weighted by atomic mass is 10.1. The Hall–Kier alpha value is -2.95. The summed E-state index contributed by atoms with van der Waals surface area (Å²) in [6, 6.07) is 14.7. The van der Waals surface area contributed by atoms with Crippen LogP contribution in [0.2, 0.25) is 0 Å². The molecule has 0 atom stereocenters. The molecule has 10 heteroatoms. The van der Waals surface area contributed by atoms with E-state index in [-0.39, 0.29) is 4.90 Å². The highest BCUT2D eigenvalue weighted by atomic mass is 32.2. The normalized spacial score (nSPS) is 11.2. The summed E-state index contributed by atoms with van der Waals surface area (Å²) in [4.78, 5) is 13.5. The molecule has 0 aliphatic rings. The number of nitrogens with zero attached hydrogens (tertiary/aromatic N) is 3. The molecule has 0 saturated heterocycles. The molecular weight excluding hydrogens is 432 g/mol. The SMILES string of the molecule is C=NCCc1ccc(Nc2cc(Nc3cc(S(=O)(=O)NC)ccc3SC)ncn2)cc1. The maximum Gasteiger partial charge on any atom is 0.240 e. The number of nitrogens with one attached hydrogen (secondary N) is 3. The van der Waals surface area contributed by atoms with E-state index in [1.54, 1.807) is 24.3 Å². The quantitative estimate of drug-likeness (QED) is 0.314. The van der Waals surface area contributed by atoms with Gasteiger partial charge >= 0.3 is 0 Å². The summed E-state index contributed by atoms with van der Waals surface area (Å²) in [6.45, 7) is 4.20. The van der Waals surface area contributed by atoms with E-state index in [4.69, 9.17) is 0 Å². The fourth-order valence-corrected chi connectivity index (χ4v) is 4.10. The van der Waals surface area contributed by atoms with Gasteiger partial charge in [-0.3, -0.25) is 0 Å². The summed E-state index contributed by atoms with van der Waals surface area (Å²) in [6.07, 6.45) is 4.22. The molecule has 2 aromatic carbocycles. The van der Waals surface area contributed by atoms with Crippen LogP contribution in [0.4, 0.5) is 23.0 Å². The first-order chi connectivity index (χ1) is 14.9. The van der Waals surface area contributed by atoms with E-state index >= 15 is 0 Å². The van der Waals surface area contributed by atoms with Crippen molar-refractivity contribution >= 4 is 51.5 Å². The number of aliphatic imine (C=N–C) groups is 1. The Morgan fingerprint density at radius 1 is 1.03 bits per heavy atom. The predicted molar refractivity (Wildman–Crippen MR) is 128 cm³/mol. The van der Waals surface area contributed by atoms with E-state index in [0.717, 1.165) is 17.0 Å².